The van der Waals surface area contributed by atoms with Crippen LogP contribution in [0.25, 0.3) is 0 Å². The third-order valence-corrected chi connectivity index (χ3v) is 5.40. The fourth-order valence-corrected chi connectivity index (χ4v) is 4.17. The van der Waals surface area contributed by atoms with Gasteiger partial charge in [0, 0.05) is 61.7 Å². The van der Waals surface area contributed by atoms with Crippen LogP contribution in [-0.4, -0.2) is 53.5 Å². The number of pyridine rings is 1. The second-order valence-corrected chi connectivity index (χ2v) is 7.11. The van der Waals surface area contributed by atoms with Crippen LogP contribution in [0.3, 0.4) is 0 Å². The lowest BCUT2D eigenvalue weighted by molar-refractivity contribution is 0.0721. The zero-order valence-corrected chi connectivity index (χ0v) is 14.1. The highest BCUT2D eigenvalue weighted by molar-refractivity contribution is 9.10. The highest BCUT2D eigenvalue weighted by Gasteiger charge is 2.29. The molecule has 1 unspecified atom stereocenters. The quantitative estimate of drug-likeness (QED) is 0.903. The number of piperazine rings is 1. The molecule has 2 fully saturated rings. The van der Waals surface area contributed by atoms with Crippen LogP contribution in [0.1, 0.15) is 37.3 Å². The van der Waals surface area contributed by atoms with E-state index in [2.05, 4.69) is 36.8 Å². The summed E-state index contributed by atoms with van der Waals surface area (Å²) >= 11 is 3.51. The van der Waals surface area contributed by atoms with Gasteiger partial charge in [0.25, 0.3) is 0 Å². The average molecular weight is 353 g/mol. The summed E-state index contributed by atoms with van der Waals surface area (Å²) in [5.74, 6) is 0. The van der Waals surface area contributed by atoms with Crippen LogP contribution >= 0.6 is 15.9 Å². The fourth-order valence-electron chi connectivity index (χ4n) is 3.79. The van der Waals surface area contributed by atoms with E-state index in [0.717, 1.165) is 23.6 Å². The van der Waals surface area contributed by atoms with Crippen molar-refractivity contribution < 1.29 is 0 Å². The molecule has 1 aromatic heterocycles. The molecule has 116 valence electrons. The predicted molar refractivity (Wildman–Crippen MR) is 89.1 cm³/mol. The molecular formula is C16H25BrN4. The Hall–Kier alpha value is -0.490. The lowest BCUT2D eigenvalue weighted by Crippen LogP contribution is -2.51. The molecule has 0 aromatic carbocycles. The highest BCUT2D eigenvalue weighted by Crippen LogP contribution is 2.27. The van der Waals surface area contributed by atoms with Gasteiger partial charge in [-0.15, -0.1) is 0 Å². The second kappa shape index (κ2) is 7.18. The maximum absolute atomic E-state index is 6.04. The van der Waals surface area contributed by atoms with Gasteiger partial charge in [-0.05, 0) is 40.4 Å². The molecule has 1 aliphatic carbocycles. The number of nitrogens with zero attached hydrogens (tertiary/aromatic N) is 3. The van der Waals surface area contributed by atoms with Crippen LogP contribution < -0.4 is 5.73 Å². The van der Waals surface area contributed by atoms with Gasteiger partial charge >= 0.3 is 0 Å². The van der Waals surface area contributed by atoms with Gasteiger partial charge in [-0.25, -0.2) is 0 Å². The first-order valence-corrected chi connectivity index (χ1v) is 8.86. The molecule has 21 heavy (non-hydrogen) atoms. The third-order valence-electron chi connectivity index (χ3n) is 4.96. The number of hydrogen-bond donors (Lipinski definition) is 1. The van der Waals surface area contributed by atoms with Crippen molar-refractivity contribution in [3.63, 3.8) is 0 Å². The minimum absolute atomic E-state index is 0.292. The van der Waals surface area contributed by atoms with Gasteiger partial charge in [-0.1, -0.05) is 12.8 Å². The van der Waals surface area contributed by atoms with Crippen LogP contribution in [0.15, 0.2) is 22.9 Å². The van der Waals surface area contributed by atoms with Gasteiger partial charge in [0.2, 0.25) is 0 Å². The largest absolute Gasteiger partial charge is 0.329 e. The molecular weight excluding hydrogens is 328 g/mol. The summed E-state index contributed by atoms with van der Waals surface area (Å²) in [5.41, 5.74) is 7.27. The molecule has 0 bridgehead atoms. The van der Waals surface area contributed by atoms with Crippen molar-refractivity contribution in [3.8, 4) is 0 Å². The van der Waals surface area contributed by atoms with Gasteiger partial charge in [-0.2, -0.15) is 0 Å². The molecule has 0 amide bonds. The van der Waals surface area contributed by atoms with Crippen molar-refractivity contribution in [2.75, 3.05) is 32.7 Å². The Morgan fingerprint density at radius 3 is 2.52 bits per heavy atom. The normalized spacial score (nSPS) is 23.5. The Morgan fingerprint density at radius 1 is 1.19 bits per heavy atom. The van der Waals surface area contributed by atoms with E-state index in [1.807, 2.05) is 12.4 Å². The highest BCUT2D eigenvalue weighted by atomic mass is 79.9. The van der Waals surface area contributed by atoms with Crippen LogP contribution in [-0.2, 0) is 0 Å². The summed E-state index contributed by atoms with van der Waals surface area (Å²) in [4.78, 5) is 9.50. The third kappa shape index (κ3) is 3.65. The van der Waals surface area contributed by atoms with Crippen molar-refractivity contribution in [2.45, 2.75) is 37.8 Å². The standard InChI is InChI=1S/C16H25BrN4/c17-14-9-13(11-19-12-14)16(10-18)21-7-5-20(6-8-21)15-3-1-2-4-15/h9,11-12,15-16H,1-8,10,18H2. The number of nitrogens with two attached hydrogens (primary N) is 1. The fraction of sp³-hybridized carbons (Fsp3) is 0.688. The molecule has 3 rings (SSSR count). The van der Waals surface area contributed by atoms with Crippen molar-refractivity contribution in [3.05, 3.63) is 28.5 Å². The smallest absolute Gasteiger partial charge is 0.0487 e. The molecule has 2 heterocycles. The summed E-state index contributed by atoms with van der Waals surface area (Å²) in [6.07, 6.45) is 9.41. The Morgan fingerprint density at radius 2 is 1.90 bits per heavy atom. The number of rotatable bonds is 4. The van der Waals surface area contributed by atoms with E-state index in [9.17, 15) is 0 Å². The van der Waals surface area contributed by atoms with Gasteiger partial charge in [0.05, 0.1) is 0 Å². The van der Waals surface area contributed by atoms with E-state index >= 15 is 0 Å². The van der Waals surface area contributed by atoms with E-state index in [-0.39, 0.29) is 0 Å². The SMILES string of the molecule is NCC(c1cncc(Br)c1)N1CCN(C2CCCC2)CC1. The molecule has 4 nitrogen and oxygen atoms in total. The molecule has 2 N–H and O–H groups in total. The Kier molecular flexibility index (Phi) is 5.27. The summed E-state index contributed by atoms with van der Waals surface area (Å²) in [6.45, 7) is 5.25. The molecule has 2 aliphatic rings. The van der Waals surface area contributed by atoms with Crippen LogP contribution in [0.4, 0.5) is 0 Å². The van der Waals surface area contributed by atoms with Gasteiger partial charge in [0.15, 0.2) is 0 Å². The van der Waals surface area contributed by atoms with E-state index in [1.54, 1.807) is 0 Å². The van der Waals surface area contributed by atoms with Crippen molar-refractivity contribution in [1.82, 2.24) is 14.8 Å². The van der Waals surface area contributed by atoms with Gasteiger partial charge in [0.1, 0.15) is 0 Å². The van der Waals surface area contributed by atoms with E-state index in [1.165, 1.54) is 44.3 Å². The molecule has 0 radical (unpaired) electrons. The second-order valence-electron chi connectivity index (χ2n) is 6.20. The van der Waals surface area contributed by atoms with Crippen molar-refractivity contribution in [2.24, 2.45) is 5.73 Å². The summed E-state index contributed by atoms with van der Waals surface area (Å²) in [5, 5.41) is 0. The maximum atomic E-state index is 6.04. The predicted octanol–water partition coefficient (Wildman–Crippen LogP) is 2.40. The van der Waals surface area contributed by atoms with Crippen LogP contribution in [0, 0.1) is 0 Å². The molecule has 1 aromatic rings. The summed E-state index contributed by atoms with van der Waals surface area (Å²) < 4.78 is 1.03. The summed E-state index contributed by atoms with van der Waals surface area (Å²) in [6, 6.07) is 3.28. The first-order chi connectivity index (χ1) is 10.3. The molecule has 1 saturated heterocycles. The Bertz CT molecular complexity index is 453. The minimum atomic E-state index is 0.292. The van der Waals surface area contributed by atoms with E-state index in [4.69, 9.17) is 5.73 Å². The lowest BCUT2D eigenvalue weighted by atomic mass is 10.1. The molecule has 1 saturated carbocycles. The number of aromatic nitrogens is 1. The molecule has 5 heteroatoms. The zero-order valence-electron chi connectivity index (χ0n) is 12.5. The number of halogens is 1. The average Bonchev–Trinajstić information content (AvgIpc) is 3.03. The molecule has 1 atom stereocenters. The van der Waals surface area contributed by atoms with Crippen molar-refractivity contribution >= 4 is 15.9 Å². The number of hydrogen-bond acceptors (Lipinski definition) is 4. The van der Waals surface area contributed by atoms with E-state index in [0.29, 0.717) is 12.6 Å². The van der Waals surface area contributed by atoms with Crippen molar-refractivity contribution in [1.29, 1.82) is 0 Å². The lowest BCUT2D eigenvalue weighted by Gasteiger charge is -2.41. The zero-order chi connectivity index (χ0) is 14.7. The Labute approximate surface area is 135 Å². The summed E-state index contributed by atoms with van der Waals surface area (Å²) in [7, 11) is 0. The first-order valence-electron chi connectivity index (χ1n) is 8.06. The van der Waals surface area contributed by atoms with Crippen LogP contribution in [0.2, 0.25) is 0 Å². The Balaban J connectivity index is 1.61. The minimum Gasteiger partial charge on any atom is -0.329 e. The monoisotopic (exact) mass is 352 g/mol. The topological polar surface area (TPSA) is 45.4 Å². The van der Waals surface area contributed by atoms with Gasteiger partial charge < -0.3 is 5.73 Å². The molecule has 0 spiro atoms. The van der Waals surface area contributed by atoms with E-state index < -0.39 is 0 Å². The molecule has 1 aliphatic heterocycles. The first kappa shape index (κ1) is 15.4. The van der Waals surface area contributed by atoms with Gasteiger partial charge in [-0.3, -0.25) is 14.8 Å². The maximum Gasteiger partial charge on any atom is 0.0487 e. The van der Waals surface area contributed by atoms with Crippen LogP contribution in [0.5, 0.6) is 0 Å².